The van der Waals surface area contributed by atoms with Crippen molar-refractivity contribution in [3.05, 3.63) is 23.6 Å². The van der Waals surface area contributed by atoms with Crippen molar-refractivity contribution >= 4 is 22.1 Å². The first-order valence-corrected chi connectivity index (χ1v) is 7.40. The van der Waals surface area contributed by atoms with Gasteiger partial charge in [0.2, 0.25) is 0 Å². The zero-order valence-corrected chi connectivity index (χ0v) is 10.9. The van der Waals surface area contributed by atoms with Crippen molar-refractivity contribution in [3.63, 3.8) is 0 Å². The summed E-state index contributed by atoms with van der Waals surface area (Å²) < 4.78 is 1.91. The monoisotopic (exact) mass is 261 g/mol. The second-order valence-corrected chi connectivity index (χ2v) is 6.25. The summed E-state index contributed by atoms with van der Waals surface area (Å²) in [4.78, 5) is 20.0. The number of nitrogens with zero attached hydrogens (tertiary/aromatic N) is 3. The lowest BCUT2D eigenvalue weighted by Gasteiger charge is -2.45. The van der Waals surface area contributed by atoms with Crippen molar-refractivity contribution in [1.29, 1.82) is 0 Å². The van der Waals surface area contributed by atoms with Crippen LogP contribution in [0.5, 0.6) is 0 Å². The second-order valence-electron chi connectivity index (χ2n) is 5.36. The molecule has 0 unspecified atom stereocenters. The van der Waals surface area contributed by atoms with Crippen LogP contribution >= 0.6 is 11.3 Å². The fourth-order valence-electron chi connectivity index (χ4n) is 3.38. The Morgan fingerprint density at radius 2 is 2.17 bits per heavy atom. The molecule has 0 N–H and O–H groups in total. The molecule has 2 fully saturated rings. The number of likely N-dealkylation sites (tertiary alicyclic amines) is 1. The summed E-state index contributed by atoms with van der Waals surface area (Å²) in [6, 6.07) is 0. The first-order chi connectivity index (χ1) is 8.80. The maximum atomic E-state index is 12.7. The molecule has 4 nitrogen and oxygen atoms in total. The van der Waals surface area contributed by atoms with Gasteiger partial charge in [0.25, 0.3) is 5.91 Å². The third kappa shape index (κ3) is 1.25. The van der Waals surface area contributed by atoms with E-state index in [2.05, 4.69) is 9.88 Å². The Hall–Kier alpha value is -1.36. The Morgan fingerprint density at radius 3 is 2.94 bits per heavy atom. The minimum absolute atomic E-state index is 0.191. The lowest BCUT2D eigenvalue weighted by atomic mass is 9.75. The van der Waals surface area contributed by atoms with Gasteiger partial charge < -0.3 is 4.90 Å². The maximum Gasteiger partial charge on any atom is 0.272 e. The number of carbonyl (C=O) groups excluding carboxylic acids is 1. The van der Waals surface area contributed by atoms with Gasteiger partial charge in [-0.05, 0) is 32.1 Å². The maximum absolute atomic E-state index is 12.7. The van der Waals surface area contributed by atoms with Crippen LogP contribution < -0.4 is 0 Å². The number of hydrogen-bond acceptors (Lipinski definition) is 3. The van der Waals surface area contributed by atoms with Crippen LogP contribution in [-0.4, -0.2) is 32.3 Å². The molecule has 1 saturated carbocycles. The summed E-state index contributed by atoms with van der Waals surface area (Å²) >= 11 is 1.59. The fourth-order valence-corrected chi connectivity index (χ4v) is 4.20. The van der Waals surface area contributed by atoms with E-state index in [1.165, 1.54) is 25.7 Å². The number of imidazole rings is 1. The molecule has 2 aromatic rings. The molecule has 94 valence electrons. The van der Waals surface area contributed by atoms with Gasteiger partial charge in [0.05, 0.1) is 6.20 Å². The molecule has 5 heteroatoms. The van der Waals surface area contributed by atoms with Crippen molar-refractivity contribution in [2.45, 2.75) is 37.6 Å². The summed E-state index contributed by atoms with van der Waals surface area (Å²) in [5, 5.41) is 1.96. The van der Waals surface area contributed by atoms with Crippen LogP contribution in [0.15, 0.2) is 17.9 Å². The number of amides is 1. The van der Waals surface area contributed by atoms with Crippen molar-refractivity contribution in [1.82, 2.24) is 14.3 Å². The average molecular weight is 261 g/mol. The smallest absolute Gasteiger partial charge is 0.272 e. The van der Waals surface area contributed by atoms with E-state index in [1.807, 2.05) is 16.0 Å². The first kappa shape index (κ1) is 10.6. The number of thiazole rings is 1. The summed E-state index contributed by atoms with van der Waals surface area (Å²) in [5.41, 5.74) is 0.979. The van der Waals surface area contributed by atoms with Crippen LogP contribution in [0.2, 0.25) is 0 Å². The van der Waals surface area contributed by atoms with Gasteiger partial charge in [-0.1, -0.05) is 0 Å². The normalized spacial score (nSPS) is 21.7. The molecule has 1 aliphatic heterocycles. The van der Waals surface area contributed by atoms with Gasteiger partial charge in [-0.15, -0.1) is 11.3 Å². The lowest BCUT2D eigenvalue weighted by molar-refractivity contribution is 0.0361. The molecule has 1 amide bonds. The third-order valence-electron chi connectivity index (χ3n) is 4.50. The minimum atomic E-state index is 0.191. The van der Waals surface area contributed by atoms with Gasteiger partial charge in [0, 0.05) is 17.5 Å². The third-order valence-corrected chi connectivity index (χ3v) is 5.39. The van der Waals surface area contributed by atoms with Crippen molar-refractivity contribution < 1.29 is 4.79 Å². The lowest BCUT2D eigenvalue weighted by Crippen LogP contribution is -2.52. The topological polar surface area (TPSA) is 37.6 Å². The van der Waals surface area contributed by atoms with E-state index in [0.29, 0.717) is 0 Å². The summed E-state index contributed by atoms with van der Waals surface area (Å²) in [6.45, 7) is 0.921. The van der Waals surface area contributed by atoms with E-state index in [1.54, 1.807) is 17.7 Å². The number of rotatable bonds is 1. The molecule has 2 aliphatic rings. The highest BCUT2D eigenvalue weighted by Crippen LogP contribution is 2.46. The molecule has 0 radical (unpaired) electrons. The number of carbonyl (C=O) groups is 1. The van der Waals surface area contributed by atoms with Crippen molar-refractivity contribution in [3.8, 4) is 0 Å². The van der Waals surface area contributed by atoms with Gasteiger partial charge in [-0.2, -0.15) is 0 Å². The molecular formula is C13H15N3OS. The Bertz CT molecular complexity index is 611. The van der Waals surface area contributed by atoms with E-state index in [9.17, 15) is 4.79 Å². The highest BCUT2D eigenvalue weighted by atomic mass is 32.1. The van der Waals surface area contributed by atoms with E-state index >= 15 is 0 Å². The summed E-state index contributed by atoms with van der Waals surface area (Å²) in [7, 11) is 0. The molecule has 0 atom stereocenters. The molecule has 2 aromatic heterocycles. The van der Waals surface area contributed by atoms with Gasteiger partial charge in [-0.25, -0.2) is 4.98 Å². The molecule has 1 spiro atoms. The van der Waals surface area contributed by atoms with Gasteiger partial charge in [0.1, 0.15) is 16.9 Å². The summed E-state index contributed by atoms with van der Waals surface area (Å²) in [6.07, 6.45) is 9.55. The zero-order valence-electron chi connectivity index (χ0n) is 10.1. The predicted octanol–water partition coefficient (Wildman–Crippen LogP) is 2.55. The number of fused-ring (bicyclic) bond motifs is 1. The summed E-state index contributed by atoms with van der Waals surface area (Å²) in [5.74, 6) is 0.191. The van der Waals surface area contributed by atoms with Crippen LogP contribution in [0.3, 0.4) is 0 Å². The van der Waals surface area contributed by atoms with Crippen molar-refractivity contribution in [2.75, 3.05) is 6.54 Å². The Balaban J connectivity index is 1.73. The molecule has 0 aromatic carbocycles. The van der Waals surface area contributed by atoms with Crippen LogP contribution in [0.4, 0.5) is 0 Å². The standard InChI is InChI=1S/C13H15N3OS/c17-12(10-8-18-11-7-14-9-15(10)11)16-6-2-5-13(16)3-1-4-13/h7-9H,1-6H2. The van der Waals surface area contributed by atoms with E-state index < -0.39 is 0 Å². The molecular weight excluding hydrogens is 246 g/mol. The molecule has 1 saturated heterocycles. The van der Waals surface area contributed by atoms with Gasteiger partial charge in [-0.3, -0.25) is 9.20 Å². The van der Waals surface area contributed by atoms with Crippen LogP contribution in [-0.2, 0) is 0 Å². The number of hydrogen-bond donors (Lipinski definition) is 0. The quantitative estimate of drug-likeness (QED) is 0.791. The highest BCUT2D eigenvalue weighted by Gasteiger charge is 2.48. The van der Waals surface area contributed by atoms with Crippen LogP contribution in [0, 0.1) is 0 Å². The zero-order chi connectivity index (χ0) is 12.2. The van der Waals surface area contributed by atoms with Gasteiger partial charge in [0.15, 0.2) is 0 Å². The van der Waals surface area contributed by atoms with Crippen LogP contribution in [0.1, 0.15) is 42.6 Å². The van der Waals surface area contributed by atoms with Crippen molar-refractivity contribution in [2.24, 2.45) is 0 Å². The average Bonchev–Trinajstić information content (AvgIpc) is 3.01. The molecule has 18 heavy (non-hydrogen) atoms. The largest absolute Gasteiger partial charge is 0.332 e. The fraction of sp³-hybridized carbons (Fsp3) is 0.538. The molecule has 1 aliphatic carbocycles. The SMILES string of the molecule is O=C(c1csc2cncn12)N1CCCC12CCC2. The Morgan fingerprint density at radius 1 is 1.33 bits per heavy atom. The number of aromatic nitrogens is 2. The van der Waals surface area contributed by atoms with E-state index in [-0.39, 0.29) is 11.4 Å². The van der Waals surface area contributed by atoms with Crippen LogP contribution in [0.25, 0.3) is 4.83 Å². The van der Waals surface area contributed by atoms with E-state index in [4.69, 9.17) is 0 Å². The highest BCUT2D eigenvalue weighted by molar-refractivity contribution is 7.15. The Kier molecular flexibility index (Phi) is 2.09. The van der Waals surface area contributed by atoms with Gasteiger partial charge >= 0.3 is 0 Å². The minimum Gasteiger partial charge on any atom is -0.332 e. The first-order valence-electron chi connectivity index (χ1n) is 6.52. The molecule has 0 bridgehead atoms. The Labute approximate surface area is 109 Å². The molecule has 4 rings (SSSR count). The second kappa shape index (κ2) is 3.57. The predicted molar refractivity (Wildman–Crippen MR) is 69.9 cm³/mol. The molecule has 3 heterocycles. The van der Waals surface area contributed by atoms with E-state index in [0.717, 1.165) is 23.5 Å².